The molecule has 20 heavy (non-hydrogen) atoms. The molecule has 0 bridgehead atoms. The van der Waals surface area contributed by atoms with E-state index < -0.39 is 5.91 Å². The Morgan fingerprint density at radius 1 is 1.55 bits per heavy atom. The van der Waals surface area contributed by atoms with E-state index in [0.29, 0.717) is 21.5 Å². The predicted octanol–water partition coefficient (Wildman–Crippen LogP) is 2.64. The van der Waals surface area contributed by atoms with Crippen LogP contribution >= 0.6 is 15.9 Å². The van der Waals surface area contributed by atoms with Crippen molar-refractivity contribution in [3.05, 3.63) is 39.9 Å². The molecule has 0 fully saturated rings. The highest BCUT2D eigenvalue weighted by atomic mass is 79.9. The topological polar surface area (TPSA) is 94.5 Å². The third kappa shape index (κ3) is 3.22. The molecule has 1 amide bonds. The van der Waals surface area contributed by atoms with Crippen LogP contribution in [-0.2, 0) is 6.42 Å². The summed E-state index contributed by atoms with van der Waals surface area (Å²) in [7, 11) is 0. The Labute approximate surface area is 124 Å². The van der Waals surface area contributed by atoms with Crippen molar-refractivity contribution in [2.45, 2.75) is 19.8 Å². The van der Waals surface area contributed by atoms with Crippen molar-refractivity contribution in [1.29, 1.82) is 5.26 Å². The number of aromatic amines is 1. The molecule has 7 heteroatoms. The molecule has 0 atom stereocenters. The normalized spacial score (nSPS) is 10.1. The largest absolute Gasteiger partial charge is 0.318 e. The number of nitrogens with one attached hydrogen (secondary N) is 2. The van der Waals surface area contributed by atoms with Crippen molar-refractivity contribution in [1.82, 2.24) is 15.2 Å². The second-order valence-corrected chi connectivity index (χ2v) is 4.97. The Bertz CT molecular complexity index is 674. The van der Waals surface area contributed by atoms with Crippen LogP contribution in [0.5, 0.6) is 0 Å². The third-order valence-corrected chi connectivity index (χ3v) is 3.22. The van der Waals surface area contributed by atoms with Gasteiger partial charge in [0.25, 0.3) is 5.91 Å². The molecule has 102 valence electrons. The van der Waals surface area contributed by atoms with Gasteiger partial charge >= 0.3 is 0 Å². The zero-order valence-corrected chi connectivity index (χ0v) is 12.4. The van der Waals surface area contributed by atoms with Gasteiger partial charge in [-0.3, -0.25) is 9.89 Å². The molecule has 0 aliphatic rings. The van der Waals surface area contributed by atoms with Gasteiger partial charge in [-0.15, -0.1) is 5.10 Å². The summed E-state index contributed by atoms with van der Waals surface area (Å²) < 4.78 is 0.634. The molecule has 2 N–H and O–H groups in total. The molecule has 1 heterocycles. The van der Waals surface area contributed by atoms with Gasteiger partial charge in [-0.1, -0.05) is 6.92 Å². The number of aromatic nitrogens is 3. The van der Waals surface area contributed by atoms with Crippen LogP contribution in [0.25, 0.3) is 0 Å². The van der Waals surface area contributed by atoms with Crippen molar-refractivity contribution in [2.24, 2.45) is 0 Å². The summed E-state index contributed by atoms with van der Waals surface area (Å²) in [6.45, 7) is 2.02. The average Bonchev–Trinajstić information content (AvgIpc) is 2.90. The van der Waals surface area contributed by atoms with Crippen molar-refractivity contribution in [2.75, 3.05) is 5.32 Å². The van der Waals surface area contributed by atoms with Gasteiger partial charge in [0.15, 0.2) is 0 Å². The maximum atomic E-state index is 12.0. The summed E-state index contributed by atoms with van der Waals surface area (Å²) in [6, 6.07) is 6.94. The number of amides is 1. The summed E-state index contributed by atoms with van der Waals surface area (Å²) in [5, 5.41) is 18.1. The lowest BCUT2D eigenvalue weighted by Gasteiger charge is -2.05. The molecule has 0 radical (unpaired) electrons. The van der Waals surface area contributed by atoms with Gasteiger partial charge in [0.2, 0.25) is 5.82 Å². The van der Waals surface area contributed by atoms with Crippen LogP contribution < -0.4 is 5.32 Å². The Morgan fingerprint density at radius 3 is 3.00 bits per heavy atom. The van der Waals surface area contributed by atoms with E-state index in [1.807, 2.05) is 13.0 Å². The Kier molecular flexibility index (Phi) is 4.48. The lowest BCUT2D eigenvalue weighted by atomic mass is 10.2. The molecular weight excluding hydrogens is 322 g/mol. The van der Waals surface area contributed by atoms with Crippen LogP contribution in [0, 0.1) is 11.3 Å². The number of anilines is 1. The average molecular weight is 334 g/mol. The van der Waals surface area contributed by atoms with Crippen LogP contribution in [0.4, 0.5) is 5.69 Å². The lowest BCUT2D eigenvalue weighted by molar-refractivity contribution is 0.101. The smallest absolute Gasteiger partial charge is 0.295 e. The third-order valence-electron chi connectivity index (χ3n) is 2.57. The van der Waals surface area contributed by atoms with Crippen molar-refractivity contribution < 1.29 is 4.79 Å². The number of carbonyl (C=O) groups is 1. The Hall–Kier alpha value is -2.20. The Morgan fingerprint density at radius 2 is 2.35 bits per heavy atom. The predicted molar refractivity (Wildman–Crippen MR) is 77.2 cm³/mol. The van der Waals surface area contributed by atoms with Gasteiger partial charge in [0, 0.05) is 10.9 Å². The number of rotatable bonds is 4. The number of hydrogen-bond donors (Lipinski definition) is 2. The van der Waals surface area contributed by atoms with Gasteiger partial charge in [-0.2, -0.15) is 5.26 Å². The van der Waals surface area contributed by atoms with Crippen molar-refractivity contribution in [3.63, 3.8) is 0 Å². The lowest BCUT2D eigenvalue weighted by Crippen LogP contribution is -2.14. The van der Waals surface area contributed by atoms with E-state index in [0.717, 1.165) is 12.8 Å². The summed E-state index contributed by atoms with van der Waals surface area (Å²) >= 11 is 3.30. The van der Waals surface area contributed by atoms with Crippen LogP contribution in [0.1, 0.15) is 35.4 Å². The first-order valence-corrected chi connectivity index (χ1v) is 6.85. The van der Waals surface area contributed by atoms with Crippen LogP contribution in [0.2, 0.25) is 0 Å². The highest BCUT2D eigenvalue weighted by molar-refractivity contribution is 9.10. The molecule has 0 spiro atoms. The molecule has 1 aromatic heterocycles. The van der Waals surface area contributed by atoms with Gasteiger partial charge in [-0.05, 0) is 40.5 Å². The minimum Gasteiger partial charge on any atom is -0.318 e. The molecule has 0 saturated carbocycles. The van der Waals surface area contributed by atoms with Crippen LogP contribution in [0.3, 0.4) is 0 Å². The maximum absolute atomic E-state index is 12.0. The first-order chi connectivity index (χ1) is 9.63. The van der Waals surface area contributed by atoms with Gasteiger partial charge in [0.1, 0.15) is 5.82 Å². The summed E-state index contributed by atoms with van der Waals surface area (Å²) in [5.41, 5.74) is 1.08. The summed E-state index contributed by atoms with van der Waals surface area (Å²) in [5.74, 6) is 0.398. The van der Waals surface area contributed by atoms with E-state index in [1.54, 1.807) is 18.2 Å². The molecule has 0 aliphatic carbocycles. The fraction of sp³-hybridized carbons (Fsp3) is 0.231. The monoisotopic (exact) mass is 333 g/mol. The molecular formula is C13H12BrN5O. The second kappa shape index (κ2) is 6.30. The number of halogens is 1. The van der Waals surface area contributed by atoms with Crippen molar-refractivity contribution in [3.8, 4) is 6.07 Å². The number of benzene rings is 1. The highest BCUT2D eigenvalue weighted by Gasteiger charge is 2.13. The minimum atomic E-state index is -0.394. The van der Waals surface area contributed by atoms with Crippen molar-refractivity contribution >= 4 is 27.5 Å². The molecule has 2 aromatic rings. The van der Waals surface area contributed by atoms with E-state index in [2.05, 4.69) is 36.4 Å². The fourth-order valence-electron chi connectivity index (χ4n) is 1.61. The Balaban J connectivity index is 2.13. The zero-order valence-electron chi connectivity index (χ0n) is 10.8. The molecule has 0 saturated heterocycles. The van der Waals surface area contributed by atoms with E-state index in [-0.39, 0.29) is 5.82 Å². The molecule has 2 rings (SSSR count). The van der Waals surface area contributed by atoms with Gasteiger partial charge in [-0.25, -0.2) is 4.98 Å². The standard InChI is InChI=1S/C13H12BrN5O/c1-2-3-11-17-12(19-18-11)13(20)16-10-5-4-8(7-15)6-9(10)14/h4-6H,2-3H2,1H3,(H,16,20)(H,17,18,19). The van der Waals surface area contributed by atoms with Gasteiger partial charge < -0.3 is 5.32 Å². The number of nitriles is 1. The summed E-state index contributed by atoms with van der Waals surface area (Å²) in [4.78, 5) is 16.1. The first kappa shape index (κ1) is 14.2. The first-order valence-electron chi connectivity index (χ1n) is 6.06. The fourth-order valence-corrected chi connectivity index (χ4v) is 2.09. The van der Waals surface area contributed by atoms with E-state index in [4.69, 9.17) is 5.26 Å². The number of H-pyrrole nitrogens is 1. The SMILES string of the molecule is CCCc1nc(C(=O)Nc2ccc(C#N)cc2Br)n[nH]1. The second-order valence-electron chi connectivity index (χ2n) is 4.12. The number of aryl methyl sites for hydroxylation is 1. The van der Waals surface area contributed by atoms with E-state index in [9.17, 15) is 4.79 Å². The molecule has 0 unspecified atom stereocenters. The quantitative estimate of drug-likeness (QED) is 0.899. The number of hydrogen-bond acceptors (Lipinski definition) is 4. The number of nitrogens with zero attached hydrogens (tertiary/aromatic N) is 3. The summed E-state index contributed by atoms with van der Waals surface area (Å²) in [6.07, 6.45) is 1.68. The highest BCUT2D eigenvalue weighted by Crippen LogP contribution is 2.23. The maximum Gasteiger partial charge on any atom is 0.295 e. The molecule has 6 nitrogen and oxygen atoms in total. The van der Waals surface area contributed by atoms with E-state index in [1.165, 1.54) is 0 Å². The molecule has 1 aromatic carbocycles. The van der Waals surface area contributed by atoms with Gasteiger partial charge in [0.05, 0.1) is 17.3 Å². The van der Waals surface area contributed by atoms with E-state index >= 15 is 0 Å². The number of carbonyl (C=O) groups excluding carboxylic acids is 1. The van der Waals surface area contributed by atoms with Crippen LogP contribution in [0.15, 0.2) is 22.7 Å². The zero-order chi connectivity index (χ0) is 14.5. The molecule has 0 aliphatic heterocycles. The minimum absolute atomic E-state index is 0.102. The van der Waals surface area contributed by atoms with Crippen LogP contribution in [-0.4, -0.2) is 21.1 Å².